The predicted molar refractivity (Wildman–Crippen MR) is 91.4 cm³/mol. The average molecular weight is 332 g/mol. The van der Waals surface area contributed by atoms with E-state index in [9.17, 15) is 5.11 Å². The van der Waals surface area contributed by atoms with Crippen molar-refractivity contribution in [1.82, 2.24) is 10.2 Å². The maximum atomic E-state index is 11.6. The Balaban J connectivity index is 1.06. The van der Waals surface area contributed by atoms with Gasteiger partial charge in [-0.25, -0.2) is 0 Å². The number of nitrogens with one attached hydrogen (secondary N) is 1. The lowest BCUT2D eigenvalue weighted by Crippen LogP contribution is -2.58. The summed E-state index contributed by atoms with van der Waals surface area (Å²) in [7, 11) is 1.79. The lowest BCUT2D eigenvalue weighted by Gasteiger charge is -2.51. The maximum absolute atomic E-state index is 11.6. The number of rotatable bonds is 7. The Kier molecular flexibility index (Phi) is 3.09. The second kappa shape index (κ2) is 4.97. The molecule has 1 saturated heterocycles. The fourth-order valence-corrected chi connectivity index (χ4v) is 8.94. The normalized spacial score (nSPS) is 59.0. The number of fused-ring (bicyclic) bond motifs is 2. The van der Waals surface area contributed by atoms with Gasteiger partial charge in [0.25, 0.3) is 0 Å². The highest BCUT2D eigenvalue weighted by Gasteiger charge is 2.84. The van der Waals surface area contributed by atoms with Gasteiger partial charge in [0, 0.05) is 26.7 Å². The molecule has 2 bridgehead atoms. The zero-order valence-corrected chi connectivity index (χ0v) is 14.9. The standard InChI is InChI=1S/C20H32N2O2/c1-24-5-4-22-3-2-11(9-22)8-21-10-20(23)18-13-7-14-16-12(13)6-15(18)17(16)19(14)20/h11-19,21,23H,2-10H2,1H3. The van der Waals surface area contributed by atoms with Gasteiger partial charge >= 0.3 is 0 Å². The van der Waals surface area contributed by atoms with Crippen molar-refractivity contribution in [3.63, 3.8) is 0 Å². The molecule has 0 aromatic rings. The number of hydrogen-bond acceptors (Lipinski definition) is 4. The Morgan fingerprint density at radius 1 is 1.12 bits per heavy atom. The number of hydrogen-bond donors (Lipinski definition) is 2. The molecule has 1 heterocycles. The first-order valence-electron chi connectivity index (χ1n) is 10.4. The van der Waals surface area contributed by atoms with Crippen LogP contribution < -0.4 is 5.32 Å². The fraction of sp³-hybridized carbons (Fsp3) is 1.00. The minimum absolute atomic E-state index is 0.348. The van der Waals surface area contributed by atoms with E-state index in [-0.39, 0.29) is 5.60 Å². The second-order valence-electron chi connectivity index (χ2n) is 9.90. The molecule has 10 atom stereocenters. The van der Waals surface area contributed by atoms with Crippen LogP contribution in [0.2, 0.25) is 0 Å². The molecule has 5 aliphatic carbocycles. The van der Waals surface area contributed by atoms with Crippen LogP contribution in [0.3, 0.4) is 0 Å². The van der Waals surface area contributed by atoms with Crippen LogP contribution in [-0.4, -0.2) is 62.0 Å². The zero-order valence-electron chi connectivity index (χ0n) is 14.9. The maximum Gasteiger partial charge on any atom is 0.0838 e. The van der Waals surface area contributed by atoms with Crippen LogP contribution in [0.5, 0.6) is 0 Å². The molecule has 134 valence electrons. The average Bonchev–Trinajstić information content (AvgIpc) is 3.21. The Hall–Kier alpha value is -0.160. The third-order valence-electron chi connectivity index (χ3n) is 9.34. The van der Waals surface area contributed by atoms with Gasteiger partial charge in [0.05, 0.1) is 12.2 Å². The number of ether oxygens (including phenoxy) is 1. The Morgan fingerprint density at radius 2 is 1.96 bits per heavy atom. The molecule has 5 saturated carbocycles. The monoisotopic (exact) mass is 332 g/mol. The third-order valence-corrected chi connectivity index (χ3v) is 9.34. The van der Waals surface area contributed by atoms with Gasteiger partial charge in [0.15, 0.2) is 0 Å². The van der Waals surface area contributed by atoms with Crippen molar-refractivity contribution in [2.75, 3.05) is 46.4 Å². The highest BCUT2D eigenvalue weighted by atomic mass is 16.5. The van der Waals surface area contributed by atoms with E-state index in [1.807, 2.05) is 0 Å². The molecule has 4 heteroatoms. The third kappa shape index (κ3) is 1.65. The van der Waals surface area contributed by atoms with E-state index in [1.54, 1.807) is 7.11 Å². The molecular formula is C20H32N2O2. The highest BCUT2D eigenvalue weighted by Crippen LogP contribution is 2.85. The summed E-state index contributed by atoms with van der Waals surface area (Å²) in [4.78, 5) is 2.52. The van der Waals surface area contributed by atoms with Crippen LogP contribution in [0.25, 0.3) is 0 Å². The molecule has 0 amide bonds. The Bertz CT molecular complexity index is 536. The van der Waals surface area contributed by atoms with E-state index < -0.39 is 0 Å². The summed E-state index contributed by atoms with van der Waals surface area (Å²) in [6.07, 6.45) is 4.23. The number of likely N-dealkylation sites (tertiary alicyclic amines) is 1. The molecule has 0 spiro atoms. The Morgan fingerprint density at radius 3 is 2.83 bits per heavy atom. The number of methoxy groups -OCH3 is 1. The van der Waals surface area contributed by atoms with Crippen molar-refractivity contribution in [2.45, 2.75) is 24.9 Å². The zero-order chi connectivity index (χ0) is 16.1. The number of nitrogens with zero attached hydrogens (tertiary/aromatic N) is 1. The first-order valence-corrected chi connectivity index (χ1v) is 10.4. The largest absolute Gasteiger partial charge is 0.388 e. The molecule has 4 nitrogen and oxygen atoms in total. The van der Waals surface area contributed by atoms with Crippen LogP contribution in [0, 0.1) is 53.3 Å². The van der Waals surface area contributed by atoms with Crippen LogP contribution in [0.4, 0.5) is 0 Å². The van der Waals surface area contributed by atoms with Gasteiger partial charge in [0.1, 0.15) is 0 Å². The highest BCUT2D eigenvalue weighted by molar-refractivity contribution is 5.32. The van der Waals surface area contributed by atoms with E-state index in [0.717, 1.165) is 67.7 Å². The molecule has 6 aliphatic rings. The van der Waals surface area contributed by atoms with Gasteiger partial charge in [-0.15, -0.1) is 0 Å². The van der Waals surface area contributed by atoms with Gasteiger partial charge in [-0.1, -0.05) is 0 Å². The van der Waals surface area contributed by atoms with Gasteiger partial charge < -0.3 is 20.1 Å². The van der Waals surface area contributed by atoms with Gasteiger partial charge in [-0.2, -0.15) is 0 Å². The van der Waals surface area contributed by atoms with Crippen molar-refractivity contribution in [1.29, 1.82) is 0 Å². The van der Waals surface area contributed by atoms with E-state index in [0.29, 0.717) is 11.8 Å². The van der Waals surface area contributed by atoms with Crippen LogP contribution in [0.1, 0.15) is 19.3 Å². The summed E-state index contributed by atoms with van der Waals surface area (Å²) in [5.74, 6) is 7.74. The van der Waals surface area contributed by atoms with E-state index in [1.165, 1.54) is 32.4 Å². The van der Waals surface area contributed by atoms with Crippen LogP contribution >= 0.6 is 0 Å². The van der Waals surface area contributed by atoms with E-state index >= 15 is 0 Å². The summed E-state index contributed by atoms with van der Waals surface area (Å²) in [5, 5.41) is 15.3. The molecule has 2 N–H and O–H groups in total. The van der Waals surface area contributed by atoms with Crippen molar-refractivity contribution in [3.05, 3.63) is 0 Å². The quantitative estimate of drug-likeness (QED) is 0.732. The first kappa shape index (κ1) is 15.0. The van der Waals surface area contributed by atoms with E-state index in [4.69, 9.17) is 4.74 Å². The topological polar surface area (TPSA) is 44.7 Å². The van der Waals surface area contributed by atoms with Crippen molar-refractivity contribution >= 4 is 0 Å². The first-order chi connectivity index (χ1) is 11.7. The molecule has 0 radical (unpaired) electrons. The molecule has 6 fully saturated rings. The molecule has 6 rings (SSSR count). The number of aliphatic hydroxyl groups is 1. The lowest BCUT2D eigenvalue weighted by atomic mass is 9.56. The summed E-state index contributed by atoms with van der Waals surface area (Å²) >= 11 is 0. The SMILES string of the molecule is COCCN1CCC(CNCC2(O)C3C4CC5C6C4CC3C6C52)C1. The second-order valence-corrected chi connectivity index (χ2v) is 9.90. The van der Waals surface area contributed by atoms with Gasteiger partial charge in [-0.05, 0) is 85.6 Å². The van der Waals surface area contributed by atoms with E-state index in [2.05, 4.69) is 10.2 Å². The van der Waals surface area contributed by atoms with Crippen molar-refractivity contribution in [2.24, 2.45) is 53.3 Å². The molecule has 0 aromatic heterocycles. The van der Waals surface area contributed by atoms with Crippen molar-refractivity contribution in [3.8, 4) is 0 Å². The lowest BCUT2D eigenvalue weighted by molar-refractivity contribution is -0.128. The molecule has 10 unspecified atom stereocenters. The summed E-state index contributed by atoms with van der Waals surface area (Å²) in [6.45, 7) is 6.28. The van der Waals surface area contributed by atoms with Gasteiger partial charge in [-0.3, -0.25) is 0 Å². The van der Waals surface area contributed by atoms with Crippen LogP contribution in [-0.2, 0) is 4.74 Å². The summed E-state index contributed by atoms with van der Waals surface area (Å²) < 4.78 is 5.19. The molecule has 0 aromatic carbocycles. The Labute approximate surface area is 145 Å². The smallest absolute Gasteiger partial charge is 0.0838 e. The van der Waals surface area contributed by atoms with Crippen LogP contribution in [0.15, 0.2) is 0 Å². The molecule has 1 aliphatic heterocycles. The molecule has 24 heavy (non-hydrogen) atoms. The van der Waals surface area contributed by atoms with Gasteiger partial charge in [0.2, 0.25) is 0 Å². The van der Waals surface area contributed by atoms with Crippen molar-refractivity contribution < 1.29 is 9.84 Å². The minimum atomic E-state index is -0.348. The fourth-order valence-electron chi connectivity index (χ4n) is 8.94. The summed E-state index contributed by atoms with van der Waals surface area (Å²) in [5.41, 5.74) is -0.348. The minimum Gasteiger partial charge on any atom is -0.388 e. The molecular weight excluding hydrogens is 300 g/mol. The predicted octanol–water partition coefficient (Wildman–Crippen LogP) is 1.05. The summed E-state index contributed by atoms with van der Waals surface area (Å²) in [6, 6.07) is 0.